The van der Waals surface area contributed by atoms with Gasteiger partial charge in [0.1, 0.15) is 5.60 Å². The van der Waals surface area contributed by atoms with Gasteiger partial charge < -0.3 is 14.0 Å². The van der Waals surface area contributed by atoms with Gasteiger partial charge in [0.15, 0.2) is 10.1 Å². The van der Waals surface area contributed by atoms with Crippen LogP contribution in [0.15, 0.2) is 12.2 Å². The third-order valence-corrected chi connectivity index (χ3v) is 8.33. The molecule has 4 bridgehead atoms. The molecular formula is C21H29F4O6S-. The molecule has 0 aromatic heterocycles. The zero-order chi connectivity index (χ0) is 23.9. The molecule has 0 aromatic carbocycles. The number of rotatable bonds is 11. The molecule has 4 aliphatic carbocycles. The number of esters is 1. The van der Waals surface area contributed by atoms with Crippen molar-refractivity contribution in [2.24, 2.45) is 23.7 Å². The van der Waals surface area contributed by atoms with E-state index in [4.69, 9.17) is 9.47 Å². The van der Waals surface area contributed by atoms with Crippen molar-refractivity contribution in [1.82, 2.24) is 0 Å². The zero-order valence-electron chi connectivity index (χ0n) is 18.0. The largest absolute Gasteiger partial charge is 0.743 e. The van der Waals surface area contributed by atoms with Crippen LogP contribution in [0, 0.1) is 23.7 Å². The summed E-state index contributed by atoms with van der Waals surface area (Å²) in [6.07, 6.45) is 3.45. The summed E-state index contributed by atoms with van der Waals surface area (Å²) in [5, 5.41) is -5.67. The lowest BCUT2D eigenvalue weighted by atomic mass is 9.50. The lowest BCUT2D eigenvalue weighted by Crippen LogP contribution is -2.58. The second-order valence-corrected chi connectivity index (χ2v) is 11.1. The molecule has 0 spiro atoms. The topological polar surface area (TPSA) is 92.7 Å². The molecule has 4 fully saturated rings. The van der Waals surface area contributed by atoms with E-state index in [-0.39, 0.29) is 25.2 Å². The van der Waals surface area contributed by atoms with Gasteiger partial charge in [0, 0.05) is 13.0 Å². The average Bonchev–Trinajstić information content (AvgIpc) is 2.67. The summed E-state index contributed by atoms with van der Waals surface area (Å²) >= 11 is 0. The third kappa shape index (κ3) is 4.84. The fourth-order valence-corrected chi connectivity index (χ4v) is 6.16. The molecule has 0 unspecified atom stereocenters. The van der Waals surface area contributed by atoms with Gasteiger partial charge in [-0.1, -0.05) is 6.58 Å². The first-order valence-electron chi connectivity index (χ1n) is 10.9. The number of carbonyl (C=O) groups excluding carboxylic acids is 1. The maximum Gasteiger partial charge on any atom is 0.396 e. The van der Waals surface area contributed by atoms with Crippen LogP contribution in [0.2, 0.25) is 0 Å². The second kappa shape index (κ2) is 8.87. The molecule has 184 valence electrons. The fourth-order valence-electron chi connectivity index (χ4n) is 5.69. The SMILES string of the molecule is C=C(COCCCCC(F)(F)C(F)(F)S(=O)(=O)[O-])C(=O)OC1(C)C2CC3CC(C2)CC1C3. The van der Waals surface area contributed by atoms with Gasteiger partial charge in [-0.2, -0.15) is 17.6 Å². The van der Waals surface area contributed by atoms with Gasteiger partial charge in [0.2, 0.25) is 0 Å². The Bertz CT molecular complexity index is 813. The van der Waals surface area contributed by atoms with Gasteiger partial charge in [-0.15, -0.1) is 0 Å². The number of alkyl halides is 4. The molecule has 4 saturated carbocycles. The van der Waals surface area contributed by atoms with E-state index in [0.29, 0.717) is 11.8 Å². The van der Waals surface area contributed by atoms with Crippen molar-refractivity contribution >= 4 is 16.1 Å². The minimum atomic E-state index is -6.48. The Hall–Kier alpha value is -1.20. The quantitative estimate of drug-likeness (QED) is 0.143. The van der Waals surface area contributed by atoms with Crippen molar-refractivity contribution in [2.45, 2.75) is 75.1 Å². The second-order valence-electron chi connectivity index (χ2n) is 9.67. The summed E-state index contributed by atoms with van der Waals surface area (Å²) in [6, 6.07) is 0. The van der Waals surface area contributed by atoms with Gasteiger partial charge in [-0.3, -0.25) is 0 Å². The van der Waals surface area contributed by atoms with Crippen LogP contribution in [0.3, 0.4) is 0 Å². The molecule has 0 N–H and O–H groups in total. The predicted molar refractivity (Wildman–Crippen MR) is 105 cm³/mol. The minimum Gasteiger partial charge on any atom is -0.743 e. The molecule has 0 atom stereocenters. The lowest BCUT2D eigenvalue weighted by molar-refractivity contribution is -0.200. The van der Waals surface area contributed by atoms with E-state index in [1.54, 1.807) is 0 Å². The normalized spacial score (nSPS) is 32.2. The molecule has 0 radical (unpaired) electrons. The maximum atomic E-state index is 13.4. The van der Waals surface area contributed by atoms with Gasteiger partial charge in [-0.25, -0.2) is 13.2 Å². The van der Waals surface area contributed by atoms with E-state index in [0.717, 1.165) is 37.5 Å². The number of halogens is 4. The van der Waals surface area contributed by atoms with Gasteiger partial charge in [-0.05, 0) is 75.5 Å². The van der Waals surface area contributed by atoms with E-state index in [9.17, 15) is 35.3 Å². The molecule has 6 nitrogen and oxygen atoms in total. The van der Waals surface area contributed by atoms with Gasteiger partial charge >= 0.3 is 17.1 Å². The van der Waals surface area contributed by atoms with Crippen LogP contribution in [0.25, 0.3) is 0 Å². The first-order valence-corrected chi connectivity index (χ1v) is 12.3. The summed E-state index contributed by atoms with van der Waals surface area (Å²) in [4.78, 5) is 12.5. The number of ether oxygens (including phenoxy) is 2. The van der Waals surface area contributed by atoms with Gasteiger partial charge in [0.05, 0.1) is 12.2 Å². The Morgan fingerprint density at radius 1 is 1.06 bits per heavy atom. The van der Waals surface area contributed by atoms with Crippen LogP contribution in [0.4, 0.5) is 17.6 Å². The predicted octanol–water partition coefficient (Wildman–Crippen LogP) is 4.26. The van der Waals surface area contributed by atoms with E-state index in [1.807, 2.05) is 6.92 Å². The molecule has 11 heteroatoms. The van der Waals surface area contributed by atoms with Crippen molar-refractivity contribution in [3.63, 3.8) is 0 Å². The monoisotopic (exact) mass is 485 g/mol. The molecule has 0 heterocycles. The Labute approximate surface area is 185 Å². The van der Waals surface area contributed by atoms with Crippen molar-refractivity contribution in [3.05, 3.63) is 12.2 Å². The number of hydrogen-bond donors (Lipinski definition) is 0. The van der Waals surface area contributed by atoms with E-state index in [1.165, 1.54) is 6.42 Å². The highest BCUT2D eigenvalue weighted by Crippen LogP contribution is 2.59. The lowest BCUT2D eigenvalue weighted by Gasteiger charge is -2.59. The van der Waals surface area contributed by atoms with Crippen LogP contribution >= 0.6 is 0 Å². The number of carbonyl (C=O) groups is 1. The van der Waals surface area contributed by atoms with Crippen molar-refractivity contribution in [2.75, 3.05) is 13.2 Å². The molecule has 0 aliphatic heterocycles. The van der Waals surface area contributed by atoms with Crippen LogP contribution in [-0.2, 0) is 24.4 Å². The summed E-state index contributed by atoms with van der Waals surface area (Å²) < 4.78 is 95.1. The molecule has 0 saturated heterocycles. The standard InChI is InChI=1S/C21H30F4O6S/c1-13(12-30-6-4-3-5-20(22,23)21(24,25)32(27,28)29)18(26)31-19(2)16-8-14-7-15(10-16)11-17(19)9-14/h14-17H,1,3-12H2,2H3,(H,27,28,29)/p-1. The summed E-state index contributed by atoms with van der Waals surface area (Å²) in [7, 11) is -6.48. The summed E-state index contributed by atoms with van der Waals surface area (Å²) in [6.45, 7) is 5.32. The number of hydrogen-bond acceptors (Lipinski definition) is 6. The smallest absolute Gasteiger partial charge is 0.396 e. The minimum absolute atomic E-state index is 0.0781. The Morgan fingerprint density at radius 2 is 1.59 bits per heavy atom. The van der Waals surface area contributed by atoms with Crippen molar-refractivity contribution in [3.8, 4) is 0 Å². The highest BCUT2D eigenvalue weighted by Gasteiger charge is 2.61. The summed E-state index contributed by atoms with van der Waals surface area (Å²) in [5.41, 5.74) is -0.444. The zero-order valence-corrected chi connectivity index (χ0v) is 18.8. The molecule has 0 aromatic rings. The van der Waals surface area contributed by atoms with Crippen LogP contribution < -0.4 is 0 Å². The van der Waals surface area contributed by atoms with E-state index < -0.39 is 45.7 Å². The van der Waals surface area contributed by atoms with Crippen LogP contribution in [0.5, 0.6) is 0 Å². The Balaban J connectivity index is 1.38. The van der Waals surface area contributed by atoms with E-state index >= 15 is 0 Å². The number of unbranched alkanes of at least 4 members (excludes halogenated alkanes) is 1. The third-order valence-electron chi connectivity index (χ3n) is 7.41. The maximum absolute atomic E-state index is 13.4. The molecule has 32 heavy (non-hydrogen) atoms. The van der Waals surface area contributed by atoms with Crippen molar-refractivity contribution < 1.29 is 44.8 Å². The molecule has 4 rings (SSSR count). The van der Waals surface area contributed by atoms with Crippen LogP contribution in [-0.4, -0.2) is 48.9 Å². The Morgan fingerprint density at radius 3 is 2.09 bits per heavy atom. The van der Waals surface area contributed by atoms with Crippen LogP contribution in [0.1, 0.15) is 58.3 Å². The van der Waals surface area contributed by atoms with Gasteiger partial charge in [0.25, 0.3) is 0 Å². The van der Waals surface area contributed by atoms with E-state index in [2.05, 4.69) is 6.58 Å². The Kier molecular flexibility index (Phi) is 7.04. The van der Waals surface area contributed by atoms with Crippen molar-refractivity contribution in [1.29, 1.82) is 0 Å². The highest BCUT2D eigenvalue weighted by molar-refractivity contribution is 7.86. The highest BCUT2D eigenvalue weighted by atomic mass is 32.2. The fraction of sp³-hybridized carbons (Fsp3) is 0.857. The summed E-state index contributed by atoms with van der Waals surface area (Å²) in [5.74, 6) is -3.42. The molecular weight excluding hydrogens is 456 g/mol. The average molecular weight is 486 g/mol. The first kappa shape index (κ1) is 25.4. The first-order chi connectivity index (χ1) is 14.7. The molecule has 0 amide bonds. The molecule has 4 aliphatic rings.